The van der Waals surface area contributed by atoms with Crippen molar-refractivity contribution in [3.05, 3.63) is 0 Å². The topological polar surface area (TPSA) is 26.3 Å². The predicted molar refractivity (Wildman–Crippen MR) is 46.3 cm³/mol. The van der Waals surface area contributed by atoms with Gasteiger partial charge in [0.15, 0.2) is 5.12 Å². The van der Waals surface area contributed by atoms with Gasteiger partial charge in [0.05, 0.1) is 18.0 Å². The van der Waals surface area contributed by atoms with Gasteiger partial charge in [0.2, 0.25) is 0 Å². The van der Waals surface area contributed by atoms with Crippen molar-refractivity contribution >= 4 is 16.9 Å². The average Bonchev–Trinajstić information content (AvgIpc) is 1.85. The molecule has 0 aliphatic carbocycles. The molecular weight excluding hydrogens is 160 g/mol. The highest BCUT2D eigenvalue weighted by Crippen LogP contribution is 2.29. The molecule has 0 unspecified atom stereocenters. The molecule has 1 aliphatic rings. The second-order valence-corrected chi connectivity index (χ2v) is 4.15. The summed E-state index contributed by atoms with van der Waals surface area (Å²) in [6, 6.07) is 0. The Morgan fingerprint density at radius 2 is 2.27 bits per heavy atom. The van der Waals surface area contributed by atoms with E-state index in [1.54, 1.807) is 0 Å². The fourth-order valence-corrected chi connectivity index (χ4v) is 2.46. The summed E-state index contributed by atoms with van der Waals surface area (Å²) in [5.41, 5.74) is 0. The maximum absolute atomic E-state index is 11.3. The normalized spacial score (nSPS) is 32.9. The molecule has 0 saturated carbocycles. The highest BCUT2D eigenvalue weighted by atomic mass is 32.2. The summed E-state index contributed by atoms with van der Waals surface area (Å²) in [7, 11) is 0. The van der Waals surface area contributed by atoms with E-state index in [0.29, 0.717) is 17.0 Å². The van der Waals surface area contributed by atoms with Gasteiger partial charge in [-0.25, -0.2) is 0 Å². The Hall–Kier alpha value is -0.0200. The van der Waals surface area contributed by atoms with Gasteiger partial charge in [-0.05, 0) is 12.8 Å². The third kappa shape index (κ3) is 1.97. The SMILES string of the molecule is CC(C)[C@H]1C(=O)SCO[C@@H]1C. The molecule has 11 heavy (non-hydrogen) atoms. The Bertz CT molecular complexity index is 156. The fourth-order valence-electron chi connectivity index (χ4n) is 1.41. The summed E-state index contributed by atoms with van der Waals surface area (Å²) in [6.07, 6.45) is 0.101. The Balaban J connectivity index is 2.63. The van der Waals surface area contributed by atoms with E-state index in [1.165, 1.54) is 11.8 Å². The van der Waals surface area contributed by atoms with Gasteiger partial charge >= 0.3 is 0 Å². The lowest BCUT2D eigenvalue weighted by Gasteiger charge is -2.29. The number of ether oxygens (including phenoxy) is 1. The smallest absolute Gasteiger partial charge is 0.197 e. The molecule has 0 amide bonds. The summed E-state index contributed by atoms with van der Waals surface area (Å²) in [6.45, 7) is 6.10. The number of carbonyl (C=O) groups excluding carboxylic acids is 1. The Morgan fingerprint density at radius 1 is 1.64 bits per heavy atom. The van der Waals surface area contributed by atoms with Crippen molar-refractivity contribution in [2.75, 3.05) is 5.94 Å². The first-order valence-corrected chi connectivity index (χ1v) is 4.89. The first kappa shape index (κ1) is 9.07. The molecule has 0 N–H and O–H groups in total. The standard InChI is InChI=1S/C8H14O2S/c1-5(2)7-6(3)10-4-11-8(7)9/h5-7H,4H2,1-3H3/t6-,7-/m1/s1. The van der Waals surface area contributed by atoms with Gasteiger partial charge in [0.25, 0.3) is 0 Å². The lowest BCUT2D eigenvalue weighted by molar-refractivity contribution is -0.122. The molecule has 0 bridgehead atoms. The minimum Gasteiger partial charge on any atom is -0.367 e. The summed E-state index contributed by atoms with van der Waals surface area (Å²) < 4.78 is 5.36. The summed E-state index contributed by atoms with van der Waals surface area (Å²) >= 11 is 1.30. The van der Waals surface area contributed by atoms with Crippen LogP contribution in [-0.4, -0.2) is 17.2 Å². The van der Waals surface area contributed by atoms with Gasteiger partial charge < -0.3 is 4.74 Å². The molecule has 0 radical (unpaired) electrons. The van der Waals surface area contributed by atoms with Crippen LogP contribution in [0.25, 0.3) is 0 Å². The van der Waals surface area contributed by atoms with Crippen LogP contribution in [0, 0.1) is 11.8 Å². The van der Waals surface area contributed by atoms with Crippen LogP contribution >= 0.6 is 11.8 Å². The van der Waals surface area contributed by atoms with Gasteiger partial charge in [0, 0.05) is 0 Å². The van der Waals surface area contributed by atoms with Crippen molar-refractivity contribution in [2.45, 2.75) is 26.9 Å². The zero-order valence-corrected chi connectivity index (χ0v) is 7.98. The minimum atomic E-state index is 0.0914. The largest absolute Gasteiger partial charge is 0.367 e. The van der Waals surface area contributed by atoms with E-state index in [-0.39, 0.29) is 12.0 Å². The lowest BCUT2D eigenvalue weighted by atomic mass is 9.92. The Kier molecular flexibility index (Phi) is 2.96. The van der Waals surface area contributed by atoms with Crippen LogP contribution in [0.15, 0.2) is 0 Å². The molecule has 1 aliphatic heterocycles. The first-order chi connectivity index (χ1) is 5.13. The van der Waals surface area contributed by atoms with E-state index < -0.39 is 0 Å². The molecule has 0 spiro atoms. The molecule has 1 heterocycles. The van der Waals surface area contributed by atoms with E-state index in [9.17, 15) is 4.79 Å². The zero-order chi connectivity index (χ0) is 8.43. The first-order valence-electron chi connectivity index (χ1n) is 3.91. The summed E-state index contributed by atoms with van der Waals surface area (Å²) in [5, 5.41) is 0.291. The van der Waals surface area contributed by atoms with Gasteiger partial charge in [-0.1, -0.05) is 25.6 Å². The van der Waals surface area contributed by atoms with Gasteiger partial charge in [-0.15, -0.1) is 0 Å². The Morgan fingerprint density at radius 3 is 2.64 bits per heavy atom. The van der Waals surface area contributed by atoms with Crippen molar-refractivity contribution in [2.24, 2.45) is 11.8 Å². The summed E-state index contributed by atoms with van der Waals surface area (Å²) in [4.78, 5) is 11.3. The monoisotopic (exact) mass is 174 g/mol. The van der Waals surface area contributed by atoms with Crippen LogP contribution in [0.5, 0.6) is 0 Å². The van der Waals surface area contributed by atoms with Crippen LogP contribution < -0.4 is 0 Å². The van der Waals surface area contributed by atoms with E-state index in [4.69, 9.17) is 4.74 Å². The van der Waals surface area contributed by atoms with E-state index in [0.717, 1.165) is 0 Å². The maximum atomic E-state index is 11.3. The predicted octanol–water partition coefficient (Wildman–Crippen LogP) is 1.89. The van der Waals surface area contributed by atoms with Crippen LogP contribution in [0.2, 0.25) is 0 Å². The number of rotatable bonds is 1. The molecule has 1 rings (SSSR count). The average molecular weight is 174 g/mol. The van der Waals surface area contributed by atoms with Crippen LogP contribution in [0.3, 0.4) is 0 Å². The summed E-state index contributed by atoms with van der Waals surface area (Å²) in [5.74, 6) is 1.02. The van der Waals surface area contributed by atoms with Crippen molar-refractivity contribution in [1.82, 2.24) is 0 Å². The number of carbonyl (C=O) groups is 1. The molecule has 1 fully saturated rings. The van der Waals surface area contributed by atoms with Crippen molar-refractivity contribution in [3.8, 4) is 0 Å². The zero-order valence-electron chi connectivity index (χ0n) is 7.16. The number of hydrogen-bond acceptors (Lipinski definition) is 3. The third-order valence-electron chi connectivity index (χ3n) is 2.03. The van der Waals surface area contributed by atoms with Gasteiger partial charge in [-0.2, -0.15) is 0 Å². The van der Waals surface area contributed by atoms with Gasteiger partial charge in [-0.3, -0.25) is 4.79 Å². The molecule has 2 atom stereocenters. The molecule has 1 saturated heterocycles. The van der Waals surface area contributed by atoms with Crippen LogP contribution in [0.1, 0.15) is 20.8 Å². The van der Waals surface area contributed by atoms with Crippen molar-refractivity contribution < 1.29 is 9.53 Å². The minimum absolute atomic E-state index is 0.0914. The quantitative estimate of drug-likeness (QED) is 0.607. The molecular formula is C8H14O2S. The fraction of sp³-hybridized carbons (Fsp3) is 0.875. The Labute approximate surface area is 71.7 Å². The van der Waals surface area contributed by atoms with E-state index in [2.05, 4.69) is 13.8 Å². The van der Waals surface area contributed by atoms with Crippen LogP contribution in [0.4, 0.5) is 0 Å². The van der Waals surface area contributed by atoms with Gasteiger partial charge in [0.1, 0.15) is 0 Å². The lowest BCUT2D eigenvalue weighted by Crippen LogP contribution is -2.35. The van der Waals surface area contributed by atoms with Crippen molar-refractivity contribution in [1.29, 1.82) is 0 Å². The van der Waals surface area contributed by atoms with Crippen LogP contribution in [-0.2, 0) is 9.53 Å². The van der Waals surface area contributed by atoms with E-state index >= 15 is 0 Å². The van der Waals surface area contributed by atoms with E-state index in [1.807, 2.05) is 6.92 Å². The highest BCUT2D eigenvalue weighted by Gasteiger charge is 2.32. The molecule has 0 aromatic heterocycles. The molecule has 64 valence electrons. The molecule has 3 heteroatoms. The highest BCUT2D eigenvalue weighted by molar-refractivity contribution is 8.13. The number of hydrogen-bond donors (Lipinski definition) is 0. The second kappa shape index (κ2) is 3.59. The number of thioether (sulfide) groups is 1. The third-order valence-corrected chi connectivity index (χ3v) is 2.84. The molecule has 0 aromatic rings. The maximum Gasteiger partial charge on any atom is 0.197 e. The molecule has 2 nitrogen and oxygen atoms in total. The molecule has 0 aromatic carbocycles. The van der Waals surface area contributed by atoms with Crippen molar-refractivity contribution in [3.63, 3.8) is 0 Å². The second-order valence-electron chi connectivity index (χ2n) is 3.22.